The van der Waals surface area contributed by atoms with E-state index in [1.54, 1.807) is 0 Å². The number of carbonyl (C=O) groups excluding carboxylic acids is 1. The van der Waals surface area contributed by atoms with Crippen molar-refractivity contribution in [1.29, 1.82) is 0 Å². The van der Waals surface area contributed by atoms with Gasteiger partial charge in [0, 0.05) is 37.2 Å². The summed E-state index contributed by atoms with van der Waals surface area (Å²) in [6.07, 6.45) is 3.07. The van der Waals surface area contributed by atoms with Crippen molar-refractivity contribution < 1.29 is 4.79 Å². The van der Waals surface area contributed by atoms with Crippen LogP contribution in [-0.4, -0.2) is 40.4 Å². The second-order valence-electron chi connectivity index (χ2n) is 7.29. The molecule has 1 fully saturated rings. The van der Waals surface area contributed by atoms with Crippen molar-refractivity contribution in [3.8, 4) is 11.4 Å². The number of fused-ring (bicyclic) bond motifs is 1. The number of aromatic amines is 1. The molecule has 27 heavy (non-hydrogen) atoms. The summed E-state index contributed by atoms with van der Waals surface area (Å²) in [4.78, 5) is 34.4. The highest BCUT2D eigenvalue weighted by Gasteiger charge is 2.24. The van der Waals surface area contributed by atoms with Gasteiger partial charge in [0.2, 0.25) is 5.91 Å². The number of benzene rings is 1. The summed E-state index contributed by atoms with van der Waals surface area (Å²) in [6.45, 7) is 2.96. The van der Waals surface area contributed by atoms with Crippen LogP contribution in [-0.2, 0) is 17.8 Å². The topological polar surface area (TPSA) is 90.1 Å². The first-order valence-corrected chi connectivity index (χ1v) is 9.61. The minimum Gasteiger partial charge on any atom is -0.336 e. The van der Waals surface area contributed by atoms with Crippen LogP contribution in [0.25, 0.3) is 11.4 Å². The lowest BCUT2D eigenvalue weighted by Gasteiger charge is -2.28. The molecular weight excluding hydrogens is 342 g/mol. The fourth-order valence-electron chi connectivity index (χ4n) is 3.79. The van der Waals surface area contributed by atoms with E-state index in [1.807, 2.05) is 35.2 Å². The summed E-state index contributed by atoms with van der Waals surface area (Å²) in [5.74, 6) is 1.33. The predicted molar refractivity (Wildman–Crippen MR) is 103 cm³/mol. The number of amides is 1. The Balaban J connectivity index is 1.43. The van der Waals surface area contributed by atoms with Gasteiger partial charge in [-0.25, -0.2) is 4.98 Å². The van der Waals surface area contributed by atoms with E-state index in [4.69, 9.17) is 0 Å². The van der Waals surface area contributed by atoms with Crippen LogP contribution in [0.1, 0.15) is 30.5 Å². The molecule has 2 aromatic rings. The number of carbonyl (C=O) groups is 1. The molecule has 0 unspecified atom stereocenters. The fourth-order valence-corrected chi connectivity index (χ4v) is 3.79. The van der Waals surface area contributed by atoms with Gasteiger partial charge in [0.25, 0.3) is 5.56 Å². The first kappa shape index (κ1) is 17.9. The molecule has 0 aliphatic carbocycles. The van der Waals surface area contributed by atoms with Crippen LogP contribution in [0.15, 0.2) is 35.1 Å². The SMILES string of the molecule is O=C(CCCC1CNNC1)N1CCc2c(nc(-c3ccccc3)[nH]c2=O)C1. The zero-order valence-electron chi connectivity index (χ0n) is 15.3. The first-order chi connectivity index (χ1) is 13.2. The van der Waals surface area contributed by atoms with E-state index < -0.39 is 0 Å². The largest absolute Gasteiger partial charge is 0.336 e. The Morgan fingerprint density at radius 2 is 1.96 bits per heavy atom. The van der Waals surface area contributed by atoms with Gasteiger partial charge in [-0.3, -0.25) is 20.4 Å². The number of nitrogens with one attached hydrogen (secondary N) is 3. The first-order valence-electron chi connectivity index (χ1n) is 9.61. The summed E-state index contributed by atoms with van der Waals surface area (Å²) in [5, 5.41) is 0. The number of hydrogen-bond donors (Lipinski definition) is 3. The van der Waals surface area contributed by atoms with Crippen LogP contribution in [0.3, 0.4) is 0 Å². The number of nitrogens with zero attached hydrogens (tertiary/aromatic N) is 2. The minimum absolute atomic E-state index is 0.0906. The Labute approximate surface area is 158 Å². The summed E-state index contributed by atoms with van der Waals surface area (Å²) >= 11 is 0. The Bertz CT molecular complexity index is 858. The van der Waals surface area contributed by atoms with Crippen LogP contribution in [0.2, 0.25) is 0 Å². The van der Waals surface area contributed by atoms with Crippen LogP contribution in [0.5, 0.6) is 0 Å². The monoisotopic (exact) mass is 367 g/mol. The highest BCUT2D eigenvalue weighted by atomic mass is 16.2. The van der Waals surface area contributed by atoms with Gasteiger partial charge in [-0.1, -0.05) is 30.3 Å². The van der Waals surface area contributed by atoms with Gasteiger partial charge in [0.15, 0.2) is 0 Å². The number of rotatable bonds is 5. The Kier molecular flexibility index (Phi) is 5.31. The number of aromatic nitrogens is 2. The Morgan fingerprint density at radius 3 is 2.74 bits per heavy atom. The average molecular weight is 367 g/mol. The molecule has 0 spiro atoms. The van der Waals surface area contributed by atoms with Crippen molar-refractivity contribution in [2.24, 2.45) is 5.92 Å². The van der Waals surface area contributed by atoms with Gasteiger partial charge >= 0.3 is 0 Å². The van der Waals surface area contributed by atoms with Crippen molar-refractivity contribution in [3.63, 3.8) is 0 Å². The normalized spacial score (nSPS) is 17.1. The van der Waals surface area contributed by atoms with E-state index in [9.17, 15) is 9.59 Å². The lowest BCUT2D eigenvalue weighted by molar-refractivity contribution is -0.132. The highest BCUT2D eigenvalue weighted by molar-refractivity contribution is 5.76. The molecule has 1 aromatic carbocycles. The molecule has 7 nitrogen and oxygen atoms in total. The van der Waals surface area contributed by atoms with E-state index in [2.05, 4.69) is 20.8 Å². The average Bonchev–Trinajstić information content (AvgIpc) is 3.21. The van der Waals surface area contributed by atoms with Crippen molar-refractivity contribution in [2.75, 3.05) is 19.6 Å². The third-order valence-corrected chi connectivity index (χ3v) is 5.38. The summed E-state index contributed by atoms with van der Waals surface area (Å²) in [5.41, 5.74) is 8.46. The molecule has 1 saturated heterocycles. The highest BCUT2D eigenvalue weighted by Crippen LogP contribution is 2.20. The molecule has 0 saturated carbocycles. The van der Waals surface area contributed by atoms with Crippen molar-refractivity contribution in [1.82, 2.24) is 25.7 Å². The van der Waals surface area contributed by atoms with Crippen LogP contribution < -0.4 is 16.4 Å². The molecule has 2 aliphatic rings. The van der Waals surface area contributed by atoms with Gasteiger partial charge in [0.1, 0.15) is 5.82 Å². The molecular formula is C20H25N5O2. The second-order valence-corrected chi connectivity index (χ2v) is 7.29. The molecule has 4 rings (SSSR count). The molecule has 142 valence electrons. The maximum atomic E-state index is 12.6. The lowest BCUT2D eigenvalue weighted by atomic mass is 10.0. The molecule has 7 heteroatoms. The van der Waals surface area contributed by atoms with Crippen molar-refractivity contribution >= 4 is 5.91 Å². The summed E-state index contributed by atoms with van der Waals surface area (Å²) in [7, 11) is 0. The zero-order chi connectivity index (χ0) is 18.6. The number of hydrazine groups is 1. The predicted octanol–water partition coefficient (Wildman–Crippen LogP) is 1.22. The van der Waals surface area contributed by atoms with Gasteiger partial charge in [-0.05, 0) is 25.2 Å². The molecule has 2 aliphatic heterocycles. The van der Waals surface area contributed by atoms with E-state index in [0.717, 1.165) is 37.2 Å². The minimum atomic E-state index is -0.0906. The summed E-state index contributed by atoms with van der Waals surface area (Å²) < 4.78 is 0. The van der Waals surface area contributed by atoms with Crippen LogP contribution in [0, 0.1) is 5.92 Å². The third-order valence-electron chi connectivity index (χ3n) is 5.38. The van der Waals surface area contributed by atoms with Gasteiger partial charge in [-0.15, -0.1) is 0 Å². The van der Waals surface area contributed by atoms with Crippen LogP contribution >= 0.6 is 0 Å². The van der Waals surface area contributed by atoms with E-state index in [1.165, 1.54) is 0 Å². The quantitative estimate of drug-likeness (QED) is 0.739. The Hall–Kier alpha value is -2.51. The molecule has 0 radical (unpaired) electrons. The Morgan fingerprint density at radius 1 is 1.19 bits per heavy atom. The molecule has 3 N–H and O–H groups in total. The van der Waals surface area contributed by atoms with Gasteiger partial charge in [0.05, 0.1) is 12.2 Å². The fraction of sp³-hybridized carbons (Fsp3) is 0.450. The van der Waals surface area contributed by atoms with Crippen molar-refractivity contribution in [2.45, 2.75) is 32.2 Å². The maximum absolute atomic E-state index is 12.6. The lowest BCUT2D eigenvalue weighted by Crippen LogP contribution is -2.39. The molecule has 1 aromatic heterocycles. The summed E-state index contributed by atoms with van der Waals surface area (Å²) in [6, 6.07) is 9.60. The second kappa shape index (κ2) is 8.02. The van der Waals surface area contributed by atoms with Crippen LogP contribution in [0.4, 0.5) is 0 Å². The number of H-pyrrole nitrogens is 1. The third kappa shape index (κ3) is 4.09. The number of hydrogen-bond acceptors (Lipinski definition) is 5. The molecule has 0 bridgehead atoms. The molecule has 1 amide bonds. The smallest absolute Gasteiger partial charge is 0.254 e. The van der Waals surface area contributed by atoms with Gasteiger partial charge < -0.3 is 9.88 Å². The molecule has 0 atom stereocenters. The van der Waals surface area contributed by atoms with Crippen molar-refractivity contribution in [3.05, 3.63) is 51.9 Å². The standard InChI is InChI=1S/C20H25N5O2/c26-18(8-4-5-14-11-21-22-12-14)25-10-9-16-17(13-25)23-19(24-20(16)27)15-6-2-1-3-7-15/h1-3,6-7,14,21-22H,4-5,8-13H2,(H,23,24,27). The van der Waals surface area contributed by atoms with E-state index in [0.29, 0.717) is 43.2 Å². The van der Waals surface area contributed by atoms with Gasteiger partial charge in [-0.2, -0.15) is 0 Å². The zero-order valence-corrected chi connectivity index (χ0v) is 15.3. The van der Waals surface area contributed by atoms with E-state index in [-0.39, 0.29) is 11.5 Å². The maximum Gasteiger partial charge on any atom is 0.254 e. The van der Waals surface area contributed by atoms with E-state index >= 15 is 0 Å². The molecule has 3 heterocycles.